The summed E-state index contributed by atoms with van der Waals surface area (Å²) in [6, 6.07) is 6.15. The molecule has 0 aliphatic heterocycles. The predicted molar refractivity (Wildman–Crippen MR) is 78.2 cm³/mol. The monoisotopic (exact) mass is 312 g/mol. The first-order valence-corrected chi connectivity index (χ1v) is 6.86. The number of primary amides is 1. The molecule has 1 atom stereocenters. The van der Waals surface area contributed by atoms with E-state index in [1.165, 1.54) is 5.56 Å². The van der Waals surface area contributed by atoms with Crippen LogP contribution in [0, 0.1) is 12.8 Å². The molecule has 0 radical (unpaired) electrons. The smallest absolute Gasteiger partial charge is 0.237 e. The van der Waals surface area contributed by atoms with Gasteiger partial charge in [0.1, 0.15) is 0 Å². The number of amides is 1. The Hall–Kier alpha value is -0.870. The van der Waals surface area contributed by atoms with Crippen molar-refractivity contribution in [1.82, 2.24) is 5.32 Å². The fraction of sp³-hybridized carbons (Fsp3) is 0.500. The fourth-order valence-electron chi connectivity index (χ4n) is 1.68. The van der Waals surface area contributed by atoms with Crippen molar-refractivity contribution in [3.63, 3.8) is 0 Å². The van der Waals surface area contributed by atoms with Crippen LogP contribution in [0.2, 0.25) is 0 Å². The van der Waals surface area contributed by atoms with Crippen molar-refractivity contribution in [3.8, 4) is 0 Å². The number of rotatable bonds is 5. The van der Waals surface area contributed by atoms with Gasteiger partial charge in [0, 0.05) is 11.0 Å². The van der Waals surface area contributed by atoms with Crippen LogP contribution in [-0.4, -0.2) is 11.4 Å². The van der Waals surface area contributed by atoms with Gasteiger partial charge in [-0.3, -0.25) is 10.1 Å². The maximum atomic E-state index is 11.6. The minimum absolute atomic E-state index is 0.145. The molecular weight excluding hydrogens is 292 g/mol. The molecule has 0 saturated carbocycles. The van der Waals surface area contributed by atoms with E-state index in [-0.39, 0.29) is 11.8 Å². The van der Waals surface area contributed by atoms with Crippen LogP contribution in [-0.2, 0) is 11.3 Å². The van der Waals surface area contributed by atoms with E-state index in [0.717, 1.165) is 10.0 Å². The van der Waals surface area contributed by atoms with Gasteiger partial charge in [0.2, 0.25) is 5.91 Å². The molecule has 0 heterocycles. The molecule has 0 aliphatic carbocycles. The first kappa shape index (κ1) is 15.2. The second-order valence-corrected chi connectivity index (χ2v) is 6.01. The number of hydrogen-bond donors (Lipinski definition) is 2. The molecule has 1 rings (SSSR count). The van der Waals surface area contributed by atoms with E-state index in [1.807, 2.05) is 39.8 Å². The van der Waals surface area contributed by atoms with Crippen molar-refractivity contribution in [3.05, 3.63) is 33.8 Å². The number of aryl methyl sites for hydroxylation is 1. The van der Waals surface area contributed by atoms with Crippen LogP contribution >= 0.6 is 15.9 Å². The molecule has 0 fully saturated rings. The number of benzene rings is 1. The molecule has 100 valence electrons. The summed E-state index contributed by atoms with van der Waals surface area (Å²) in [5.74, 6) is -0.169. The van der Waals surface area contributed by atoms with Crippen LogP contribution in [0.15, 0.2) is 22.7 Å². The van der Waals surface area contributed by atoms with Crippen LogP contribution < -0.4 is 11.1 Å². The second kappa shape index (κ2) is 5.85. The van der Waals surface area contributed by atoms with Gasteiger partial charge in [0.25, 0.3) is 0 Å². The molecule has 3 nitrogen and oxygen atoms in total. The lowest BCUT2D eigenvalue weighted by Gasteiger charge is -2.31. The number of nitrogens with one attached hydrogen (secondary N) is 1. The summed E-state index contributed by atoms with van der Waals surface area (Å²) in [6.07, 6.45) is 0. The van der Waals surface area contributed by atoms with Gasteiger partial charge in [-0.1, -0.05) is 41.9 Å². The second-order valence-electron chi connectivity index (χ2n) is 5.16. The Kier molecular flexibility index (Phi) is 4.93. The van der Waals surface area contributed by atoms with Gasteiger partial charge in [0.05, 0.1) is 5.54 Å². The van der Waals surface area contributed by atoms with Crippen LogP contribution in [0.25, 0.3) is 0 Å². The SMILES string of the molecule is Cc1cc(CNC(C)(C(N)=O)C(C)C)ccc1Br. The highest BCUT2D eigenvalue weighted by atomic mass is 79.9. The molecule has 0 bridgehead atoms. The average molecular weight is 313 g/mol. The largest absolute Gasteiger partial charge is 0.368 e. The molecule has 0 saturated heterocycles. The molecule has 0 aliphatic rings. The fourth-order valence-corrected chi connectivity index (χ4v) is 1.92. The molecular formula is C14H21BrN2O. The van der Waals surface area contributed by atoms with E-state index in [4.69, 9.17) is 5.73 Å². The van der Waals surface area contributed by atoms with E-state index in [2.05, 4.69) is 27.3 Å². The molecule has 0 spiro atoms. The molecule has 18 heavy (non-hydrogen) atoms. The molecule has 1 aromatic carbocycles. The van der Waals surface area contributed by atoms with Gasteiger partial charge in [-0.15, -0.1) is 0 Å². The standard InChI is InChI=1S/C14H21BrN2O/c1-9(2)14(4,13(16)18)17-8-11-5-6-12(15)10(3)7-11/h5-7,9,17H,8H2,1-4H3,(H2,16,18). The number of nitrogens with two attached hydrogens (primary N) is 1. The van der Waals surface area contributed by atoms with Crippen molar-refractivity contribution in [1.29, 1.82) is 0 Å². The van der Waals surface area contributed by atoms with E-state index in [9.17, 15) is 4.79 Å². The first-order valence-electron chi connectivity index (χ1n) is 6.07. The zero-order valence-electron chi connectivity index (χ0n) is 11.4. The lowest BCUT2D eigenvalue weighted by molar-refractivity contribution is -0.125. The normalized spacial score (nSPS) is 14.6. The van der Waals surface area contributed by atoms with Crippen LogP contribution in [0.1, 0.15) is 31.9 Å². The van der Waals surface area contributed by atoms with Gasteiger partial charge in [-0.25, -0.2) is 0 Å². The van der Waals surface area contributed by atoms with Crippen molar-refractivity contribution >= 4 is 21.8 Å². The molecule has 0 aromatic heterocycles. The van der Waals surface area contributed by atoms with Crippen LogP contribution in [0.3, 0.4) is 0 Å². The van der Waals surface area contributed by atoms with Crippen molar-refractivity contribution < 1.29 is 4.79 Å². The van der Waals surface area contributed by atoms with Crippen LogP contribution in [0.4, 0.5) is 0 Å². The van der Waals surface area contributed by atoms with Gasteiger partial charge in [-0.2, -0.15) is 0 Å². The van der Waals surface area contributed by atoms with E-state index in [0.29, 0.717) is 6.54 Å². The van der Waals surface area contributed by atoms with E-state index in [1.54, 1.807) is 0 Å². The molecule has 1 amide bonds. The third-order valence-corrected chi connectivity index (χ3v) is 4.44. The van der Waals surface area contributed by atoms with Gasteiger partial charge in [0.15, 0.2) is 0 Å². The summed E-state index contributed by atoms with van der Waals surface area (Å²) in [4.78, 5) is 11.6. The molecule has 1 unspecified atom stereocenters. The topological polar surface area (TPSA) is 55.1 Å². The van der Waals surface area contributed by atoms with Gasteiger partial charge >= 0.3 is 0 Å². The van der Waals surface area contributed by atoms with Crippen molar-refractivity contribution in [2.45, 2.75) is 39.8 Å². The third-order valence-electron chi connectivity index (χ3n) is 3.55. The average Bonchev–Trinajstić information content (AvgIpc) is 2.29. The van der Waals surface area contributed by atoms with Crippen LogP contribution in [0.5, 0.6) is 0 Å². The summed E-state index contributed by atoms with van der Waals surface area (Å²) >= 11 is 3.47. The lowest BCUT2D eigenvalue weighted by atomic mass is 9.87. The summed E-state index contributed by atoms with van der Waals surface area (Å²) in [5.41, 5.74) is 7.12. The minimum atomic E-state index is -0.680. The Morgan fingerprint density at radius 2 is 2.11 bits per heavy atom. The van der Waals surface area contributed by atoms with Gasteiger partial charge < -0.3 is 5.73 Å². The van der Waals surface area contributed by atoms with E-state index < -0.39 is 5.54 Å². The highest BCUT2D eigenvalue weighted by Gasteiger charge is 2.33. The summed E-state index contributed by atoms with van der Waals surface area (Å²) in [6.45, 7) is 8.51. The number of carbonyl (C=O) groups is 1. The molecule has 3 N–H and O–H groups in total. The number of carbonyl (C=O) groups excluding carboxylic acids is 1. The minimum Gasteiger partial charge on any atom is -0.368 e. The lowest BCUT2D eigenvalue weighted by Crippen LogP contribution is -2.56. The zero-order valence-corrected chi connectivity index (χ0v) is 13.0. The van der Waals surface area contributed by atoms with Gasteiger partial charge in [-0.05, 0) is 37.0 Å². The van der Waals surface area contributed by atoms with E-state index >= 15 is 0 Å². The third kappa shape index (κ3) is 3.33. The predicted octanol–water partition coefficient (Wildman–Crippen LogP) is 2.75. The van der Waals surface area contributed by atoms with Crippen molar-refractivity contribution in [2.75, 3.05) is 0 Å². The Balaban J connectivity index is 2.80. The van der Waals surface area contributed by atoms with Crippen molar-refractivity contribution in [2.24, 2.45) is 11.7 Å². The highest BCUT2D eigenvalue weighted by Crippen LogP contribution is 2.19. The zero-order chi connectivity index (χ0) is 13.9. The summed E-state index contributed by atoms with van der Waals surface area (Å²) < 4.78 is 1.09. The Morgan fingerprint density at radius 1 is 1.50 bits per heavy atom. The maximum absolute atomic E-state index is 11.6. The maximum Gasteiger partial charge on any atom is 0.237 e. The summed E-state index contributed by atoms with van der Waals surface area (Å²) in [7, 11) is 0. The number of halogens is 1. The summed E-state index contributed by atoms with van der Waals surface area (Å²) in [5, 5.41) is 3.27. The molecule has 4 heteroatoms. The highest BCUT2D eigenvalue weighted by molar-refractivity contribution is 9.10. The Morgan fingerprint density at radius 3 is 2.56 bits per heavy atom. The quantitative estimate of drug-likeness (QED) is 0.878. The first-order chi connectivity index (χ1) is 8.27. The molecule has 1 aromatic rings. The Bertz CT molecular complexity index is 445. The Labute approximate surface area is 117 Å². The number of hydrogen-bond acceptors (Lipinski definition) is 2.